The Kier molecular flexibility index (Phi) is 9.67. The molecule has 2 rings (SSSR count). The van der Waals surface area contributed by atoms with Crippen LogP contribution >= 0.6 is 0 Å². The fourth-order valence-electron chi connectivity index (χ4n) is 1.53. The maximum absolute atomic E-state index is 11.4. The van der Waals surface area contributed by atoms with Crippen LogP contribution in [0.5, 0.6) is 0 Å². The fraction of sp³-hybridized carbons (Fsp3) is 0.250. The number of hydrogen-bond acceptors (Lipinski definition) is 4. The molecule has 1 aromatic heterocycles. The van der Waals surface area contributed by atoms with Gasteiger partial charge in [0.05, 0.1) is 11.6 Å². The number of aldehydes is 1. The zero-order valence-electron chi connectivity index (χ0n) is 12.2. The SMILES string of the molecule is C=CC=C.CC=O.N#Cc1ccnc(N2CCCC2=O)c1. The van der Waals surface area contributed by atoms with E-state index < -0.39 is 0 Å². The number of rotatable bonds is 2. The molecule has 1 aliphatic rings. The third-order valence-electron chi connectivity index (χ3n) is 2.39. The van der Waals surface area contributed by atoms with Crippen LogP contribution in [0.4, 0.5) is 5.82 Å². The Morgan fingerprint density at radius 2 is 2.05 bits per heavy atom. The van der Waals surface area contributed by atoms with Gasteiger partial charge in [0.2, 0.25) is 5.91 Å². The van der Waals surface area contributed by atoms with E-state index in [4.69, 9.17) is 10.1 Å². The lowest BCUT2D eigenvalue weighted by molar-refractivity contribution is -0.117. The molecule has 21 heavy (non-hydrogen) atoms. The lowest BCUT2D eigenvalue weighted by Gasteiger charge is -2.13. The van der Waals surface area contributed by atoms with Gasteiger partial charge in [-0.3, -0.25) is 9.69 Å². The van der Waals surface area contributed by atoms with Crippen LogP contribution in [0, 0.1) is 11.3 Å². The molecule has 1 fully saturated rings. The van der Waals surface area contributed by atoms with Crippen LogP contribution in [0.3, 0.4) is 0 Å². The number of aromatic nitrogens is 1. The Labute approximate surface area is 125 Å². The summed E-state index contributed by atoms with van der Waals surface area (Å²) >= 11 is 0. The van der Waals surface area contributed by atoms with Crippen LogP contribution in [0.25, 0.3) is 0 Å². The first-order valence-corrected chi connectivity index (χ1v) is 6.44. The average molecular weight is 285 g/mol. The standard InChI is InChI=1S/C10H9N3O.C4H6.C2H4O/c11-7-8-3-4-12-9(6-8)13-5-1-2-10(13)14;1-3-4-2;1-2-3/h3-4,6H,1-2,5H2;3-4H,1-2H2;2H,1H3. The van der Waals surface area contributed by atoms with Gasteiger partial charge in [-0.15, -0.1) is 0 Å². The normalized spacial score (nSPS) is 12.0. The van der Waals surface area contributed by atoms with E-state index in [2.05, 4.69) is 18.1 Å². The molecule has 1 aromatic rings. The Hall–Kier alpha value is -2.74. The van der Waals surface area contributed by atoms with Gasteiger partial charge in [-0.25, -0.2) is 4.98 Å². The molecule has 0 radical (unpaired) electrons. The summed E-state index contributed by atoms with van der Waals surface area (Å²) in [6.07, 6.45) is 7.04. The first kappa shape index (κ1) is 18.3. The number of allylic oxidation sites excluding steroid dienone is 2. The number of pyridine rings is 1. The molecule has 0 N–H and O–H groups in total. The molecule has 0 saturated carbocycles. The van der Waals surface area contributed by atoms with Crippen LogP contribution in [-0.2, 0) is 9.59 Å². The Bertz CT molecular complexity index is 527. The highest BCUT2D eigenvalue weighted by Gasteiger charge is 2.22. The molecule has 0 atom stereocenters. The van der Waals surface area contributed by atoms with Gasteiger partial charge in [0.1, 0.15) is 12.1 Å². The van der Waals surface area contributed by atoms with Gasteiger partial charge in [-0.05, 0) is 25.5 Å². The van der Waals surface area contributed by atoms with Crippen molar-refractivity contribution in [2.24, 2.45) is 0 Å². The number of nitrogens with zero attached hydrogens (tertiary/aromatic N) is 3. The van der Waals surface area contributed by atoms with Crippen LogP contribution in [0.2, 0.25) is 0 Å². The molecule has 0 aromatic carbocycles. The molecule has 0 unspecified atom stereocenters. The number of anilines is 1. The average Bonchev–Trinajstić information content (AvgIpc) is 2.94. The summed E-state index contributed by atoms with van der Waals surface area (Å²) in [5.41, 5.74) is 0.537. The largest absolute Gasteiger partial charge is 0.304 e. The maximum Gasteiger partial charge on any atom is 0.228 e. The van der Waals surface area contributed by atoms with Crippen LogP contribution < -0.4 is 4.90 Å². The Morgan fingerprint density at radius 3 is 2.48 bits per heavy atom. The highest BCUT2D eigenvalue weighted by molar-refractivity contribution is 5.94. The first-order valence-electron chi connectivity index (χ1n) is 6.44. The smallest absolute Gasteiger partial charge is 0.228 e. The highest BCUT2D eigenvalue weighted by Crippen LogP contribution is 2.19. The van der Waals surface area contributed by atoms with Crippen molar-refractivity contribution in [2.45, 2.75) is 19.8 Å². The Balaban J connectivity index is 0.000000486. The second kappa shape index (κ2) is 11.1. The topological polar surface area (TPSA) is 74.1 Å². The monoisotopic (exact) mass is 285 g/mol. The fourth-order valence-corrected chi connectivity index (χ4v) is 1.53. The van der Waals surface area contributed by atoms with Crippen molar-refractivity contribution in [2.75, 3.05) is 11.4 Å². The van der Waals surface area contributed by atoms with Crippen molar-refractivity contribution < 1.29 is 9.59 Å². The molecule has 2 heterocycles. The number of nitriles is 1. The van der Waals surface area contributed by atoms with E-state index in [0.29, 0.717) is 24.3 Å². The van der Waals surface area contributed by atoms with Gasteiger partial charge < -0.3 is 4.79 Å². The molecule has 0 aliphatic carbocycles. The quantitative estimate of drug-likeness (QED) is 0.618. The van der Waals surface area contributed by atoms with Crippen molar-refractivity contribution in [1.29, 1.82) is 5.26 Å². The summed E-state index contributed by atoms with van der Waals surface area (Å²) in [4.78, 5) is 25.9. The van der Waals surface area contributed by atoms with Gasteiger partial charge in [0, 0.05) is 19.2 Å². The van der Waals surface area contributed by atoms with E-state index in [1.165, 1.54) is 6.92 Å². The second-order valence-corrected chi connectivity index (χ2v) is 3.87. The minimum Gasteiger partial charge on any atom is -0.304 e. The second-order valence-electron chi connectivity index (χ2n) is 3.87. The summed E-state index contributed by atoms with van der Waals surface area (Å²) in [7, 11) is 0. The van der Waals surface area contributed by atoms with Gasteiger partial charge >= 0.3 is 0 Å². The predicted molar refractivity (Wildman–Crippen MR) is 82.7 cm³/mol. The number of amides is 1. The molecule has 5 heteroatoms. The molecule has 110 valence electrons. The summed E-state index contributed by atoms with van der Waals surface area (Å²) < 4.78 is 0. The van der Waals surface area contributed by atoms with E-state index in [9.17, 15) is 4.79 Å². The molecular formula is C16H19N3O2. The van der Waals surface area contributed by atoms with Crippen molar-refractivity contribution in [3.05, 3.63) is 49.2 Å². The van der Waals surface area contributed by atoms with Crippen molar-refractivity contribution in [3.63, 3.8) is 0 Å². The van der Waals surface area contributed by atoms with Gasteiger partial charge in [-0.2, -0.15) is 5.26 Å². The predicted octanol–water partition coefficient (Wildman–Crippen LogP) is 2.64. The maximum atomic E-state index is 11.4. The zero-order chi connectivity index (χ0) is 16.1. The minimum atomic E-state index is 0.0904. The van der Waals surface area contributed by atoms with Gasteiger partial charge in [0.25, 0.3) is 0 Å². The van der Waals surface area contributed by atoms with Crippen LogP contribution in [0.1, 0.15) is 25.3 Å². The van der Waals surface area contributed by atoms with Crippen molar-refractivity contribution in [1.82, 2.24) is 4.98 Å². The van der Waals surface area contributed by atoms with Gasteiger partial charge in [0.15, 0.2) is 0 Å². The molecule has 0 bridgehead atoms. The number of carbonyl (C=O) groups excluding carboxylic acids is 2. The first-order chi connectivity index (χ1) is 10.1. The lowest BCUT2D eigenvalue weighted by Crippen LogP contribution is -2.24. The highest BCUT2D eigenvalue weighted by atomic mass is 16.2. The number of carbonyl (C=O) groups is 2. The lowest BCUT2D eigenvalue weighted by atomic mass is 10.3. The van der Waals surface area contributed by atoms with Crippen LogP contribution in [-0.4, -0.2) is 23.7 Å². The molecule has 0 spiro atoms. The summed E-state index contributed by atoms with van der Waals surface area (Å²) in [5.74, 6) is 0.680. The van der Waals surface area contributed by atoms with Crippen molar-refractivity contribution >= 4 is 18.0 Å². The summed E-state index contributed by atoms with van der Waals surface area (Å²) in [6.45, 7) is 8.88. The molecule has 1 amide bonds. The molecule has 1 saturated heterocycles. The van der Waals surface area contributed by atoms with E-state index in [0.717, 1.165) is 12.7 Å². The molecular weight excluding hydrogens is 266 g/mol. The van der Waals surface area contributed by atoms with Crippen LogP contribution in [0.15, 0.2) is 43.6 Å². The zero-order valence-corrected chi connectivity index (χ0v) is 12.2. The third-order valence-corrected chi connectivity index (χ3v) is 2.39. The third kappa shape index (κ3) is 6.83. The number of hydrogen-bond donors (Lipinski definition) is 0. The van der Waals surface area contributed by atoms with Crippen molar-refractivity contribution in [3.8, 4) is 6.07 Å². The summed E-state index contributed by atoms with van der Waals surface area (Å²) in [5, 5.41) is 8.69. The Morgan fingerprint density at radius 1 is 1.43 bits per heavy atom. The summed E-state index contributed by atoms with van der Waals surface area (Å²) in [6, 6.07) is 5.30. The molecule has 5 nitrogen and oxygen atoms in total. The minimum absolute atomic E-state index is 0.0904. The van der Waals surface area contributed by atoms with E-state index in [1.54, 1.807) is 35.4 Å². The molecule has 1 aliphatic heterocycles. The van der Waals surface area contributed by atoms with Gasteiger partial charge in [-0.1, -0.05) is 25.3 Å². The van der Waals surface area contributed by atoms with E-state index in [-0.39, 0.29) is 5.91 Å². The van der Waals surface area contributed by atoms with E-state index >= 15 is 0 Å². The van der Waals surface area contributed by atoms with E-state index in [1.807, 2.05) is 6.07 Å².